The molecular formula is C14H26N4O2. The molecule has 6 nitrogen and oxygen atoms in total. The van der Waals surface area contributed by atoms with Gasteiger partial charge in [-0.2, -0.15) is 0 Å². The van der Waals surface area contributed by atoms with Crippen LogP contribution in [-0.2, 0) is 9.47 Å². The summed E-state index contributed by atoms with van der Waals surface area (Å²) in [7, 11) is 5.27. The fraction of sp³-hybridized carbons (Fsp3) is 0.714. The molecule has 0 bridgehead atoms. The molecule has 0 amide bonds. The number of methoxy groups -OCH3 is 2. The van der Waals surface area contributed by atoms with E-state index in [0.717, 1.165) is 30.5 Å². The number of anilines is 2. The van der Waals surface area contributed by atoms with Crippen LogP contribution in [-0.4, -0.2) is 57.5 Å². The molecule has 1 heterocycles. The van der Waals surface area contributed by atoms with Crippen LogP contribution in [0.4, 0.5) is 11.6 Å². The number of hydrogen-bond acceptors (Lipinski definition) is 6. The van der Waals surface area contributed by atoms with Crippen LogP contribution in [0.25, 0.3) is 0 Å². The molecule has 0 unspecified atom stereocenters. The van der Waals surface area contributed by atoms with Gasteiger partial charge in [0.1, 0.15) is 17.5 Å². The van der Waals surface area contributed by atoms with E-state index >= 15 is 0 Å². The Kier molecular flexibility index (Phi) is 7.25. The maximum absolute atomic E-state index is 5.17. The normalized spacial score (nSPS) is 10.9. The van der Waals surface area contributed by atoms with Crippen LogP contribution in [0.3, 0.4) is 0 Å². The molecule has 0 saturated heterocycles. The van der Waals surface area contributed by atoms with E-state index in [2.05, 4.69) is 34.0 Å². The second-order valence-corrected chi connectivity index (χ2v) is 4.85. The Morgan fingerprint density at radius 3 is 2.20 bits per heavy atom. The first-order valence-corrected chi connectivity index (χ1v) is 6.92. The van der Waals surface area contributed by atoms with Crippen molar-refractivity contribution in [3.63, 3.8) is 0 Å². The first-order valence-electron chi connectivity index (χ1n) is 6.92. The Morgan fingerprint density at radius 2 is 1.75 bits per heavy atom. The third-order valence-electron chi connectivity index (χ3n) is 2.96. The van der Waals surface area contributed by atoms with E-state index in [0.29, 0.717) is 13.2 Å². The average Bonchev–Trinajstić information content (AvgIpc) is 2.46. The molecule has 0 aromatic carbocycles. The van der Waals surface area contributed by atoms with Crippen LogP contribution in [0.2, 0.25) is 0 Å². The summed E-state index contributed by atoms with van der Waals surface area (Å²) < 4.78 is 10.3. The average molecular weight is 282 g/mol. The highest BCUT2D eigenvalue weighted by molar-refractivity contribution is 5.49. The molecular weight excluding hydrogens is 256 g/mol. The molecule has 0 atom stereocenters. The third kappa shape index (κ3) is 4.94. The second kappa shape index (κ2) is 8.71. The van der Waals surface area contributed by atoms with Crippen LogP contribution < -0.4 is 10.2 Å². The molecule has 6 heteroatoms. The minimum atomic E-state index is 0.286. The Morgan fingerprint density at radius 1 is 1.15 bits per heavy atom. The zero-order valence-corrected chi connectivity index (χ0v) is 13.1. The molecule has 0 saturated carbocycles. The Balaban J connectivity index is 2.99. The number of rotatable bonds is 9. The number of hydrogen-bond donors (Lipinski definition) is 1. The summed E-state index contributed by atoms with van der Waals surface area (Å²) in [5, 5.41) is 3.09. The van der Waals surface area contributed by atoms with Gasteiger partial charge in [-0.3, -0.25) is 0 Å². The molecule has 0 aliphatic carbocycles. The largest absolute Gasteiger partial charge is 0.383 e. The van der Waals surface area contributed by atoms with Crippen molar-refractivity contribution < 1.29 is 9.47 Å². The van der Waals surface area contributed by atoms with Crippen molar-refractivity contribution in [3.05, 3.63) is 11.9 Å². The summed E-state index contributed by atoms with van der Waals surface area (Å²) in [6.07, 6.45) is 0. The van der Waals surface area contributed by atoms with Gasteiger partial charge in [0.05, 0.1) is 13.2 Å². The lowest BCUT2D eigenvalue weighted by molar-refractivity contribution is 0.190. The van der Waals surface area contributed by atoms with Crippen molar-refractivity contribution >= 4 is 11.6 Å². The minimum absolute atomic E-state index is 0.286. The molecule has 0 aliphatic rings. The van der Waals surface area contributed by atoms with Crippen LogP contribution in [0.15, 0.2) is 6.07 Å². The van der Waals surface area contributed by atoms with Crippen molar-refractivity contribution in [2.75, 3.05) is 57.8 Å². The van der Waals surface area contributed by atoms with Gasteiger partial charge in [-0.15, -0.1) is 0 Å². The van der Waals surface area contributed by atoms with Gasteiger partial charge in [-0.05, 0) is 0 Å². The topological polar surface area (TPSA) is 59.5 Å². The highest BCUT2D eigenvalue weighted by Crippen LogP contribution is 2.19. The van der Waals surface area contributed by atoms with Crippen LogP contribution in [0.5, 0.6) is 0 Å². The van der Waals surface area contributed by atoms with Crippen molar-refractivity contribution in [2.24, 2.45) is 0 Å². The summed E-state index contributed by atoms with van der Waals surface area (Å²) in [5.74, 6) is 2.86. The van der Waals surface area contributed by atoms with Gasteiger partial charge in [0.15, 0.2) is 0 Å². The fourth-order valence-corrected chi connectivity index (χ4v) is 1.74. The third-order valence-corrected chi connectivity index (χ3v) is 2.96. The van der Waals surface area contributed by atoms with E-state index < -0.39 is 0 Å². The van der Waals surface area contributed by atoms with Crippen molar-refractivity contribution in [1.29, 1.82) is 0 Å². The molecule has 0 radical (unpaired) electrons. The SMILES string of the molecule is CNc1cc(N(CCOC)CCOC)nc(C(C)C)n1. The molecule has 20 heavy (non-hydrogen) atoms. The van der Waals surface area contributed by atoms with E-state index in [4.69, 9.17) is 9.47 Å². The van der Waals surface area contributed by atoms with Crippen LogP contribution in [0.1, 0.15) is 25.6 Å². The van der Waals surface area contributed by atoms with Gasteiger partial charge < -0.3 is 19.7 Å². The molecule has 0 spiro atoms. The monoisotopic (exact) mass is 282 g/mol. The van der Waals surface area contributed by atoms with E-state index in [9.17, 15) is 0 Å². The molecule has 0 fully saturated rings. The maximum Gasteiger partial charge on any atom is 0.135 e. The summed E-state index contributed by atoms with van der Waals surface area (Å²) in [6.45, 7) is 7.04. The minimum Gasteiger partial charge on any atom is -0.383 e. The number of ether oxygens (including phenoxy) is 2. The number of aromatic nitrogens is 2. The van der Waals surface area contributed by atoms with Gasteiger partial charge in [0, 0.05) is 46.3 Å². The second-order valence-electron chi connectivity index (χ2n) is 4.85. The smallest absolute Gasteiger partial charge is 0.135 e. The summed E-state index contributed by atoms with van der Waals surface area (Å²) >= 11 is 0. The van der Waals surface area contributed by atoms with E-state index in [1.807, 2.05) is 13.1 Å². The van der Waals surface area contributed by atoms with E-state index in [1.165, 1.54) is 0 Å². The highest BCUT2D eigenvalue weighted by Gasteiger charge is 2.13. The summed E-state index contributed by atoms with van der Waals surface area (Å²) in [6, 6.07) is 1.96. The predicted molar refractivity (Wildman–Crippen MR) is 81.6 cm³/mol. The molecule has 1 rings (SSSR count). The van der Waals surface area contributed by atoms with Gasteiger partial charge in [-0.25, -0.2) is 9.97 Å². The van der Waals surface area contributed by atoms with Gasteiger partial charge in [-0.1, -0.05) is 13.8 Å². The Labute approximate surface area is 121 Å². The first-order chi connectivity index (χ1) is 9.62. The Bertz CT molecular complexity index is 391. The van der Waals surface area contributed by atoms with Crippen molar-refractivity contribution in [3.8, 4) is 0 Å². The molecule has 1 aromatic rings. The van der Waals surface area contributed by atoms with E-state index in [1.54, 1.807) is 14.2 Å². The van der Waals surface area contributed by atoms with Gasteiger partial charge >= 0.3 is 0 Å². The lowest BCUT2D eigenvalue weighted by Gasteiger charge is -2.24. The fourth-order valence-electron chi connectivity index (χ4n) is 1.74. The lowest BCUT2D eigenvalue weighted by Crippen LogP contribution is -2.31. The molecule has 1 N–H and O–H groups in total. The summed E-state index contributed by atoms with van der Waals surface area (Å²) in [4.78, 5) is 11.3. The quantitative estimate of drug-likeness (QED) is 0.744. The van der Waals surface area contributed by atoms with Crippen molar-refractivity contribution in [2.45, 2.75) is 19.8 Å². The predicted octanol–water partition coefficient (Wildman–Crippen LogP) is 1.74. The molecule has 0 aliphatic heterocycles. The number of nitrogens with zero attached hydrogens (tertiary/aromatic N) is 3. The first kappa shape index (κ1) is 16.7. The summed E-state index contributed by atoms with van der Waals surface area (Å²) in [5.41, 5.74) is 0. The van der Waals surface area contributed by atoms with Crippen molar-refractivity contribution in [1.82, 2.24) is 9.97 Å². The van der Waals surface area contributed by atoms with Crippen LogP contribution in [0, 0.1) is 0 Å². The lowest BCUT2D eigenvalue weighted by atomic mass is 10.2. The van der Waals surface area contributed by atoms with Crippen LogP contribution >= 0.6 is 0 Å². The molecule has 114 valence electrons. The zero-order valence-electron chi connectivity index (χ0n) is 13.1. The van der Waals surface area contributed by atoms with E-state index in [-0.39, 0.29) is 5.92 Å². The zero-order chi connectivity index (χ0) is 15.0. The van der Waals surface area contributed by atoms with Gasteiger partial charge in [0.2, 0.25) is 0 Å². The molecule has 1 aromatic heterocycles. The standard InChI is InChI=1S/C14H26N4O2/c1-11(2)14-16-12(15-3)10-13(17-14)18(6-8-19-4)7-9-20-5/h10-11H,6-9H2,1-5H3,(H,15,16,17). The maximum atomic E-state index is 5.17. The number of nitrogens with one attached hydrogen (secondary N) is 1. The Hall–Kier alpha value is -1.40. The highest BCUT2D eigenvalue weighted by atomic mass is 16.5. The van der Waals surface area contributed by atoms with Gasteiger partial charge in [0.25, 0.3) is 0 Å².